The molecule has 0 aromatic carbocycles. The maximum absolute atomic E-state index is 11.9. The summed E-state index contributed by atoms with van der Waals surface area (Å²) in [4.78, 5) is 18.8. The van der Waals surface area contributed by atoms with Gasteiger partial charge >= 0.3 is 0 Å². The van der Waals surface area contributed by atoms with E-state index in [4.69, 9.17) is 9.73 Å². The zero-order chi connectivity index (χ0) is 18.8. The first kappa shape index (κ1) is 21.0. The van der Waals surface area contributed by atoms with Crippen LogP contribution in [-0.2, 0) is 9.53 Å². The van der Waals surface area contributed by atoms with Gasteiger partial charge in [0.1, 0.15) is 0 Å². The fourth-order valence-electron chi connectivity index (χ4n) is 4.13. The normalized spacial score (nSPS) is 22.7. The van der Waals surface area contributed by atoms with Crippen molar-refractivity contribution in [2.45, 2.75) is 71.8 Å². The van der Waals surface area contributed by atoms with Crippen LogP contribution in [0.2, 0.25) is 0 Å². The van der Waals surface area contributed by atoms with Crippen LogP contribution in [0.3, 0.4) is 0 Å². The molecule has 1 unspecified atom stereocenters. The van der Waals surface area contributed by atoms with Crippen LogP contribution >= 0.6 is 0 Å². The molecule has 6 nitrogen and oxygen atoms in total. The van der Waals surface area contributed by atoms with Crippen LogP contribution in [0, 0.1) is 5.41 Å². The number of hydrogen-bond donors (Lipinski definition) is 2. The number of carbonyl (C=O) groups is 1. The third-order valence-electron chi connectivity index (χ3n) is 5.75. The van der Waals surface area contributed by atoms with E-state index < -0.39 is 0 Å². The van der Waals surface area contributed by atoms with Gasteiger partial charge in [-0.2, -0.15) is 0 Å². The van der Waals surface area contributed by atoms with Crippen molar-refractivity contribution < 1.29 is 9.53 Å². The Labute approximate surface area is 159 Å². The lowest BCUT2D eigenvalue weighted by Crippen LogP contribution is -2.45. The zero-order valence-corrected chi connectivity index (χ0v) is 17.0. The number of guanidine groups is 1. The van der Waals surface area contributed by atoms with E-state index in [1.54, 1.807) is 0 Å². The van der Waals surface area contributed by atoms with Crippen LogP contribution in [0.5, 0.6) is 0 Å². The molecular weight excluding hydrogens is 328 g/mol. The molecule has 26 heavy (non-hydrogen) atoms. The second kappa shape index (κ2) is 10.8. The maximum atomic E-state index is 11.9. The molecule has 2 N–H and O–H groups in total. The summed E-state index contributed by atoms with van der Waals surface area (Å²) in [6, 6.07) is 0.297. The third-order valence-corrected chi connectivity index (χ3v) is 5.75. The molecule has 1 aliphatic carbocycles. The lowest BCUT2D eigenvalue weighted by Gasteiger charge is -2.28. The van der Waals surface area contributed by atoms with E-state index in [9.17, 15) is 4.79 Å². The highest BCUT2D eigenvalue weighted by atomic mass is 16.5. The first-order chi connectivity index (χ1) is 12.6. The summed E-state index contributed by atoms with van der Waals surface area (Å²) in [7, 11) is 0. The smallest absolute Gasteiger partial charge is 0.222 e. The van der Waals surface area contributed by atoms with Gasteiger partial charge < -0.3 is 20.3 Å². The van der Waals surface area contributed by atoms with E-state index >= 15 is 0 Å². The van der Waals surface area contributed by atoms with E-state index in [-0.39, 0.29) is 5.91 Å². The van der Waals surface area contributed by atoms with Crippen molar-refractivity contribution >= 4 is 11.9 Å². The molecule has 1 amide bonds. The number of carbonyl (C=O) groups excluding carboxylic acids is 1. The van der Waals surface area contributed by atoms with Gasteiger partial charge in [-0.3, -0.25) is 9.79 Å². The fraction of sp³-hybridized carbons (Fsp3) is 0.900. The van der Waals surface area contributed by atoms with Gasteiger partial charge in [-0.05, 0) is 44.9 Å². The Morgan fingerprint density at radius 1 is 1.27 bits per heavy atom. The number of ether oxygens (including phenoxy) is 1. The SMILES string of the molecule is CCNC(=NCC1(CCOCC)CCCC1)NC1CCN(C(=O)CC)C1. The van der Waals surface area contributed by atoms with Crippen molar-refractivity contribution in [1.82, 2.24) is 15.5 Å². The standard InChI is InChI=1S/C20H38N4O2/c1-4-18(25)24-13-9-17(15-24)23-19(21-5-2)22-16-20(10-7-8-11-20)12-14-26-6-3/h17H,4-16H2,1-3H3,(H2,21,22,23). The van der Waals surface area contributed by atoms with E-state index in [2.05, 4.69) is 24.5 Å². The third kappa shape index (κ3) is 6.15. The molecule has 0 aromatic heterocycles. The van der Waals surface area contributed by atoms with Crippen LogP contribution < -0.4 is 10.6 Å². The number of rotatable bonds is 9. The summed E-state index contributed by atoms with van der Waals surface area (Å²) in [5.41, 5.74) is 0.303. The second-order valence-corrected chi connectivity index (χ2v) is 7.67. The molecule has 1 heterocycles. The lowest BCUT2D eigenvalue weighted by molar-refractivity contribution is -0.129. The van der Waals surface area contributed by atoms with E-state index in [1.165, 1.54) is 25.7 Å². The Hall–Kier alpha value is -1.30. The van der Waals surface area contributed by atoms with E-state index in [0.717, 1.165) is 58.2 Å². The maximum Gasteiger partial charge on any atom is 0.222 e. The molecule has 2 aliphatic rings. The highest BCUT2D eigenvalue weighted by molar-refractivity contribution is 5.80. The van der Waals surface area contributed by atoms with Crippen molar-refractivity contribution in [3.05, 3.63) is 0 Å². The topological polar surface area (TPSA) is 66.0 Å². The number of likely N-dealkylation sites (tertiary alicyclic amines) is 1. The summed E-state index contributed by atoms with van der Waals surface area (Å²) < 4.78 is 5.61. The predicted octanol–water partition coefficient (Wildman–Crippen LogP) is 2.54. The number of aliphatic imine (C=N–C) groups is 1. The monoisotopic (exact) mass is 366 g/mol. The van der Waals surface area contributed by atoms with Gasteiger partial charge in [0.25, 0.3) is 0 Å². The molecule has 1 saturated heterocycles. The quantitative estimate of drug-likeness (QED) is 0.374. The minimum Gasteiger partial charge on any atom is -0.382 e. The Morgan fingerprint density at radius 2 is 2.04 bits per heavy atom. The van der Waals surface area contributed by atoms with Gasteiger partial charge in [-0.15, -0.1) is 0 Å². The summed E-state index contributed by atoms with van der Waals surface area (Å²) in [6.45, 7) is 11.1. The Morgan fingerprint density at radius 3 is 2.69 bits per heavy atom. The molecule has 1 atom stereocenters. The number of amides is 1. The minimum absolute atomic E-state index is 0.247. The highest BCUT2D eigenvalue weighted by Crippen LogP contribution is 2.41. The Balaban J connectivity index is 1.91. The van der Waals surface area contributed by atoms with Gasteiger partial charge in [0.15, 0.2) is 5.96 Å². The van der Waals surface area contributed by atoms with Gasteiger partial charge in [-0.25, -0.2) is 0 Å². The number of hydrogen-bond acceptors (Lipinski definition) is 3. The van der Waals surface area contributed by atoms with E-state index in [1.807, 2.05) is 11.8 Å². The van der Waals surface area contributed by atoms with Crippen molar-refractivity contribution in [3.8, 4) is 0 Å². The fourth-order valence-corrected chi connectivity index (χ4v) is 4.13. The largest absolute Gasteiger partial charge is 0.382 e. The molecule has 1 aliphatic heterocycles. The molecule has 0 spiro atoms. The van der Waals surface area contributed by atoms with Crippen LogP contribution in [0.1, 0.15) is 65.7 Å². The zero-order valence-electron chi connectivity index (χ0n) is 17.0. The molecule has 0 aromatic rings. The van der Waals surface area contributed by atoms with Crippen LogP contribution in [0.4, 0.5) is 0 Å². The molecule has 2 rings (SSSR count). The molecule has 6 heteroatoms. The highest BCUT2D eigenvalue weighted by Gasteiger charge is 2.33. The minimum atomic E-state index is 0.247. The first-order valence-corrected chi connectivity index (χ1v) is 10.5. The van der Waals surface area contributed by atoms with Crippen LogP contribution in [0.25, 0.3) is 0 Å². The summed E-state index contributed by atoms with van der Waals surface area (Å²) in [6.07, 6.45) is 7.81. The number of nitrogens with zero attached hydrogens (tertiary/aromatic N) is 2. The molecule has 1 saturated carbocycles. The Kier molecular flexibility index (Phi) is 8.69. The van der Waals surface area contributed by atoms with Gasteiger partial charge in [0.2, 0.25) is 5.91 Å². The second-order valence-electron chi connectivity index (χ2n) is 7.67. The average Bonchev–Trinajstić information content (AvgIpc) is 3.30. The van der Waals surface area contributed by atoms with Gasteiger partial charge in [-0.1, -0.05) is 19.8 Å². The van der Waals surface area contributed by atoms with Crippen molar-refractivity contribution in [1.29, 1.82) is 0 Å². The summed E-state index contributed by atoms with van der Waals surface area (Å²) in [5, 5.41) is 6.93. The van der Waals surface area contributed by atoms with E-state index in [0.29, 0.717) is 17.9 Å². The number of nitrogens with one attached hydrogen (secondary N) is 2. The van der Waals surface area contributed by atoms with Crippen molar-refractivity contribution in [3.63, 3.8) is 0 Å². The predicted molar refractivity (Wildman–Crippen MR) is 106 cm³/mol. The Bertz CT molecular complexity index is 461. The van der Waals surface area contributed by atoms with Gasteiger partial charge in [0, 0.05) is 51.9 Å². The molecule has 0 bridgehead atoms. The average molecular weight is 367 g/mol. The first-order valence-electron chi connectivity index (χ1n) is 10.5. The van der Waals surface area contributed by atoms with Gasteiger partial charge in [0.05, 0.1) is 0 Å². The van der Waals surface area contributed by atoms with Crippen molar-refractivity contribution in [2.75, 3.05) is 39.4 Å². The molecule has 2 fully saturated rings. The van der Waals surface area contributed by atoms with Crippen LogP contribution in [0.15, 0.2) is 4.99 Å². The molecule has 150 valence electrons. The van der Waals surface area contributed by atoms with Crippen molar-refractivity contribution in [2.24, 2.45) is 10.4 Å². The molecule has 0 radical (unpaired) electrons. The van der Waals surface area contributed by atoms with Crippen LogP contribution in [-0.4, -0.2) is 62.2 Å². The molecular formula is C20H38N4O2. The summed E-state index contributed by atoms with van der Waals surface area (Å²) in [5.74, 6) is 1.14. The lowest BCUT2D eigenvalue weighted by atomic mass is 9.83. The summed E-state index contributed by atoms with van der Waals surface area (Å²) >= 11 is 0.